The average molecular weight is 362 g/mol. The second-order valence-electron chi connectivity index (χ2n) is 6.51. The van der Waals surface area contributed by atoms with E-state index in [1.54, 1.807) is 13.2 Å². The molecule has 6 nitrogen and oxygen atoms in total. The van der Waals surface area contributed by atoms with Crippen molar-refractivity contribution in [3.63, 3.8) is 0 Å². The maximum Gasteiger partial charge on any atom is 0.216 e. The Morgan fingerprint density at radius 2 is 1.96 bits per heavy atom. The molecule has 0 atom stereocenters. The van der Waals surface area contributed by atoms with E-state index in [-0.39, 0.29) is 0 Å². The number of ether oxygens (including phenoxy) is 1. The first kappa shape index (κ1) is 16.8. The van der Waals surface area contributed by atoms with Gasteiger partial charge in [-0.2, -0.15) is 0 Å². The number of hydrogen-bond donors (Lipinski definition) is 2. The van der Waals surface area contributed by atoms with Gasteiger partial charge in [-0.25, -0.2) is 9.97 Å². The van der Waals surface area contributed by atoms with E-state index in [2.05, 4.69) is 46.8 Å². The van der Waals surface area contributed by atoms with Crippen molar-refractivity contribution in [1.29, 1.82) is 0 Å². The second kappa shape index (κ2) is 6.43. The van der Waals surface area contributed by atoms with Gasteiger partial charge in [-0.3, -0.25) is 5.01 Å². The fourth-order valence-corrected chi connectivity index (χ4v) is 3.47. The Bertz CT molecular complexity index is 790. The summed E-state index contributed by atoms with van der Waals surface area (Å²) in [7, 11) is 0.136. The summed E-state index contributed by atoms with van der Waals surface area (Å²) in [6.45, 7) is 6.86. The lowest BCUT2D eigenvalue weighted by atomic mass is 10.1. The molecule has 2 aromatic rings. The number of methoxy groups -OCH3 is 1. The SMILES string of the molecule is COc1cc(-c2cc(Cl)ccc2N2C=C([Si](C)(C)C)NN2)ncn1. The molecular weight excluding hydrogens is 342 g/mol. The Labute approximate surface area is 147 Å². The normalized spacial score (nSPS) is 14.4. The molecule has 0 saturated carbocycles. The van der Waals surface area contributed by atoms with Crippen LogP contribution < -0.4 is 20.7 Å². The van der Waals surface area contributed by atoms with Gasteiger partial charge in [-0.15, -0.1) is 5.53 Å². The first-order valence-electron chi connectivity index (χ1n) is 7.57. The van der Waals surface area contributed by atoms with Crippen LogP contribution in [0.2, 0.25) is 24.7 Å². The van der Waals surface area contributed by atoms with E-state index in [1.165, 1.54) is 11.6 Å². The highest BCUT2D eigenvalue weighted by Crippen LogP contribution is 2.34. The van der Waals surface area contributed by atoms with Crippen molar-refractivity contribution in [2.24, 2.45) is 0 Å². The molecule has 1 aliphatic rings. The zero-order valence-corrected chi connectivity index (χ0v) is 15.8. The summed E-state index contributed by atoms with van der Waals surface area (Å²) >= 11 is 6.21. The summed E-state index contributed by atoms with van der Waals surface area (Å²) in [6, 6.07) is 7.51. The summed E-state index contributed by atoms with van der Waals surface area (Å²) in [5.41, 5.74) is 9.05. The van der Waals surface area contributed by atoms with Crippen LogP contribution in [0.1, 0.15) is 0 Å². The molecule has 0 aliphatic carbocycles. The van der Waals surface area contributed by atoms with Crippen LogP contribution in [0.4, 0.5) is 5.69 Å². The summed E-state index contributed by atoms with van der Waals surface area (Å²) in [5.74, 6) is 0.511. The van der Waals surface area contributed by atoms with Crippen LogP contribution in [0.15, 0.2) is 42.1 Å². The summed E-state index contributed by atoms with van der Waals surface area (Å²) < 4.78 is 5.20. The van der Waals surface area contributed by atoms with Crippen molar-refractivity contribution < 1.29 is 4.74 Å². The van der Waals surface area contributed by atoms with Crippen LogP contribution in [-0.2, 0) is 0 Å². The quantitative estimate of drug-likeness (QED) is 0.814. The van der Waals surface area contributed by atoms with Crippen LogP contribution in [0.25, 0.3) is 11.3 Å². The molecule has 0 bridgehead atoms. The van der Waals surface area contributed by atoms with Gasteiger partial charge >= 0.3 is 0 Å². The molecule has 8 heteroatoms. The van der Waals surface area contributed by atoms with Crippen molar-refractivity contribution >= 4 is 25.4 Å². The van der Waals surface area contributed by atoms with Crippen LogP contribution >= 0.6 is 11.6 Å². The van der Waals surface area contributed by atoms with E-state index in [9.17, 15) is 0 Å². The molecule has 0 saturated heterocycles. The van der Waals surface area contributed by atoms with Crippen LogP contribution in [0.5, 0.6) is 5.88 Å². The molecule has 1 aliphatic heterocycles. The third kappa shape index (κ3) is 3.38. The lowest BCUT2D eigenvalue weighted by molar-refractivity contribution is 0.397. The van der Waals surface area contributed by atoms with Crippen molar-refractivity contribution in [2.75, 3.05) is 12.1 Å². The van der Waals surface area contributed by atoms with Gasteiger partial charge in [-0.1, -0.05) is 31.2 Å². The monoisotopic (exact) mass is 361 g/mol. The van der Waals surface area contributed by atoms with Crippen LogP contribution in [0.3, 0.4) is 0 Å². The van der Waals surface area contributed by atoms with E-state index in [1.807, 2.05) is 23.2 Å². The standard InChI is InChI=1S/C16H20ClN5OSi/c1-23-15-8-13(18-10-19-15)12-7-11(17)5-6-14(12)22-9-16(20-21-22)24(2,3)4/h5-10,20-21H,1-4H3. The van der Waals surface area contributed by atoms with Gasteiger partial charge in [0.1, 0.15) is 14.4 Å². The average Bonchev–Trinajstić information content (AvgIpc) is 3.05. The van der Waals surface area contributed by atoms with E-state index < -0.39 is 8.07 Å². The lowest BCUT2D eigenvalue weighted by Gasteiger charge is -2.19. The minimum atomic E-state index is -1.45. The van der Waals surface area contributed by atoms with Crippen LogP contribution in [-0.4, -0.2) is 25.2 Å². The number of hydrazine groups is 2. The first-order chi connectivity index (χ1) is 11.4. The number of anilines is 1. The number of rotatable bonds is 4. The molecule has 3 rings (SSSR count). The van der Waals surface area contributed by atoms with Crippen LogP contribution in [0, 0.1) is 0 Å². The Hall–Kier alpha value is -2.09. The highest BCUT2D eigenvalue weighted by molar-refractivity contribution is 6.83. The van der Waals surface area contributed by atoms with Gasteiger partial charge in [0.15, 0.2) is 0 Å². The molecule has 2 heterocycles. The number of hydrogen-bond acceptors (Lipinski definition) is 6. The fourth-order valence-electron chi connectivity index (χ4n) is 2.35. The minimum absolute atomic E-state index is 0.511. The van der Waals surface area contributed by atoms with Crippen molar-refractivity contribution in [3.8, 4) is 17.1 Å². The molecule has 1 aromatic heterocycles. The smallest absolute Gasteiger partial charge is 0.216 e. The number of nitrogens with zero attached hydrogens (tertiary/aromatic N) is 3. The predicted octanol–water partition coefficient (Wildman–Crippen LogP) is 3.35. The zero-order chi connectivity index (χ0) is 17.3. The molecule has 0 radical (unpaired) electrons. The summed E-state index contributed by atoms with van der Waals surface area (Å²) in [6.07, 6.45) is 3.58. The van der Waals surface area contributed by atoms with E-state index in [0.29, 0.717) is 10.9 Å². The molecule has 0 amide bonds. The van der Waals surface area contributed by atoms with Gasteiger partial charge < -0.3 is 10.2 Å². The van der Waals surface area contributed by atoms with Gasteiger partial charge in [0, 0.05) is 28.2 Å². The molecule has 2 N–H and O–H groups in total. The minimum Gasteiger partial charge on any atom is -0.481 e. The Morgan fingerprint density at radius 1 is 1.17 bits per heavy atom. The molecule has 0 spiro atoms. The number of aromatic nitrogens is 2. The molecule has 1 aromatic carbocycles. The Morgan fingerprint density at radius 3 is 2.62 bits per heavy atom. The van der Waals surface area contributed by atoms with E-state index in [0.717, 1.165) is 16.9 Å². The summed E-state index contributed by atoms with van der Waals surface area (Å²) in [4.78, 5) is 8.43. The maximum atomic E-state index is 6.21. The van der Waals surface area contributed by atoms with Gasteiger partial charge in [0.05, 0.1) is 18.5 Å². The number of benzene rings is 1. The largest absolute Gasteiger partial charge is 0.481 e. The third-order valence-corrected chi connectivity index (χ3v) is 5.83. The van der Waals surface area contributed by atoms with E-state index in [4.69, 9.17) is 16.3 Å². The van der Waals surface area contributed by atoms with Crippen molar-refractivity contribution in [3.05, 3.63) is 47.1 Å². The molecule has 126 valence electrons. The predicted molar refractivity (Wildman–Crippen MR) is 99.2 cm³/mol. The van der Waals surface area contributed by atoms with E-state index >= 15 is 0 Å². The third-order valence-electron chi connectivity index (χ3n) is 3.72. The molecule has 24 heavy (non-hydrogen) atoms. The van der Waals surface area contributed by atoms with Crippen molar-refractivity contribution in [1.82, 2.24) is 20.9 Å². The molecular formula is C16H20ClN5OSi. The van der Waals surface area contributed by atoms with Gasteiger partial charge in [0.2, 0.25) is 5.88 Å². The molecule has 0 unspecified atom stereocenters. The Balaban J connectivity index is 2.05. The van der Waals surface area contributed by atoms with Crippen molar-refractivity contribution in [2.45, 2.75) is 19.6 Å². The highest BCUT2D eigenvalue weighted by atomic mass is 35.5. The maximum absolute atomic E-state index is 6.21. The van der Waals surface area contributed by atoms with Gasteiger partial charge in [-0.05, 0) is 18.2 Å². The lowest BCUT2D eigenvalue weighted by Crippen LogP contribution is -2.40. The zero-order valence-electron chi connectivity index (χ0n) is 14.1. The number of nitrogens with one attached hydrogen (secondary N) is 2. The Kier molecular flexibility index (Phi) is 4.49. The number of halogens is 1. The van der Waals surface area contributed by atoms with Gasteiger partial charge in [0.25, 0.3) is 0 Å². The molecule has 0 fully saturated rings. The summed E-state index contributed by atoms with van der Waals surface area (Å²) in [5, 5.41) is 3.82. The fraction of sp³-hybridized carbons (Fsp3) is 0.250. The topological polar surface area (TPSA) is 62.3 Å². The second-order valence-corrected chi connectivity index (χ2v) is 12.0. The first-order valence-corrected chi connectivity index (χ1v) is 11.5. The highest BCUT2D eigenvalue weighted by Gasteiger charge is 2.26.